The molecular weight excluding hydrogens is 328 g/mol. The van der Waals surface area contributed by atoms with Crippen LogP contribution < -0.4 is 20.6 Å². The van der Waals surface area contributed by atoms with Gasteiger partial charge >= 0.3 is 6.03 Å². The molecule has 0 aliphatic heterocycles. The number of nitro benzene ring substituents is 1. The largest absolute Gasteiger partial charge is 0.490 e. The molecule has 0 aromatic heterocycles. The second kappa shape index (κ2) is 8.87. The summed E-state index contributed by atoms with van der Waals surface area (Å²) >= 11 is 0. The number of carbonyl (C=O) groups is 1. The Hall–Kier alpha value is -3.62. The molecular formula is C16H16N4O5. The van der Waals surface area contributed by atoms with E-state index < -0.39 is 11.0 Å². The van der Waals surface area contributed by atoms with Gasteiger partial charge in [0.2, 0.25) is 0 Å². The number of hydrazone groups is 1. The first-order valence-electron chi connectivity index (χ1n) is 7.23. The number of amides is 2. The number of hydrogen-bond donors (Lipinski definition) is 2. The zero-order valence-corrected chi connectivity index (χ0v) is 13.1. The third-order valence-electron chi connectivity index (χ3n) is 2.91. The highest BCUT2D eigenvalue weighted by molar-refractivity contribution is 5.81. The molecule has 0 atom stereocenters. The molecule has 2 rings (SSSR count). The number of ether oxygens (including phenoxy) is 2. The molecule has 2 aromatic carbocycles. The van der Waals surface area contributed by atoms with E-state index in [-0.39, 0.29) is 18.9 Å². The first-order valence-corrected chi connectivity index (χ1v) is 7.23. The average molecular weight is 344 g/mol. The molecule has 0 saturated heterocycles. The molecule has 9 nitrogen and oxygen atoms in total. The number of hydrogen-bond acceptors (Lipinski definition) is 6. The van der Waals surface area contributed by atoms with Crippen LogP contribution in [0.1, 0.15) is 5.56 Å². The summed E-state index contributed by atoms with van der Waals surface area (Å²) in [6.45, 7) is 0.566. The lowest BCUT2D eigenvalue weighted by Crippen LogP contribution is -2.24. The van der Waals surface area contributed by atoms with Crippen molar-refractivity contribution in [2.75, 3.05) is 13.2 Å². The molecule has 2 aromatic rings. The van der Waals surface area contributed by atoms with Gasteiger partial charge in [0.1, 0.15) is 24.7 Å². The minimum Gasteiger partial charge on any atom is -0.490 e. The maximum atomic E-state index is 10.6. The van der Waals surface area contributed by atoms with E-state index >= 15 is 0 Å². The van der Waals surface area contributed by atoms with Crippen LogP contribution in [0.25, 0.3) is 0 Å². The number of rotatable bonds is 8. The number of nitrogens with zero attached hydrogens (tertiary/aromatic N) is 2. The first-order chi connectivity index (χ1) is 12.0. The van der Waals surface area contributed by atoms with Crippen molar-refractivity contribution in [2.24, 2.45) is 10.8 Å². The van der Waals surface area contributed by atoms with Gasteiger partial charge < -0.3 is 15.2 Å². The molecule has 0 spiro atoms. The minimum absolute atomic E-state index is 0.00732. The highest BCUT2D eigenvalue weighted by Gasteiger charge is 2.04. The van der Waals surface area contributed by atoms with Gasteiger partial charge in [0.25, 0.3) is 5.69 Å². The second-order valence-electron chi connectivity index (χ2n) is 4.75. The Morgan fingerprint density at radius 2 is 1.84 bits per heavy atom. The average Bonchev–Trinajstić information content (AvgIpc) is 2.59. The van der Waals surface area contributed by atoms with Crippen molar-refractivity contribution in [1.29, 1.82) is 0 Å². The van der Waals surface area contributed by atoms with Gasteiger partial charge in [-0.3, -0.25) is 10.1 Å². The maximum absolute atomic E-state index is 10.6. The molecule has 3 N–H and O–H groups in total. The highest BCUT2D eigenvalue weighted by atomic mass is 16.6. The van der Waals surface area contributed by atoms with Crippen LogP contribution in [-0.2, 0) is 0 Å². The van der Waals surface area contributed by atoms with Gasteiger partial charge in [0.15, 0.2) is 0 Å². The molecule has 0 radical (unpaired) electrons. The van der Waals surface area contributed by atoms with E-state index in [1.807, 2.05) is 0 Å². The lowest BCUT2D eigenvalue weighted by atomic mass is 10.2. The fraction of sp³-hybridized carbons (Fsp3) is 0.125. The first kappa shape index (κ1) is 17.7. The quantitative estimate of drug-likeness (QED) is 0.328. The van der Waals surface area contributed by atoms with Gasteiger partial charge in [-0.15, -0.1) is 0 Å². The van der Waals surface area contributed by atoms with Crippen molar-refractivity contribution in [3.8, 4) is 11.5 Å². The van der Waals surface area contributed by atoms with Crippen LogP contribution in [0.2, 0.25) is 0 Å². The van der Waals surface area contributed by atoms with Crippen molar-refractivity contribution < 1.29 is 19.2 Å². The van der Waals surface area contributed by atoms with Gasteiger partial charge in [-0.2, -0.15) is 5.10 Å². The Kier molecular flexibility index (Phi) is 6.29. The fourth-order valence-electron chi connectivity index (χ4n) is 1.84. The number of primary amides is 1. The monoisotopic (exact) mass is 344 g/mol. The van der Waals surface area contributed by atoms with Crippen LogP contribution in [0, 0.1) is 10.1 Å². The summed E-state index contributed by atoms with van der Waals surface area (Å²) in [5, 5.41) is 14.2. The van der Waals surface area contributed by atoms with Crippen LogP contribution in [0.4, 0.5) is 10.5 Å². The predicted octanol–water partition coefficient (Wildman–Crippen LogP) is 2.05. The Morgan fingerprint density at radius 3 is 2.48 bits per heavy atom. The summed E-state index contributed by atoms with van der Waals surface area (Å²) in [5.41, 5.74) is 7.73. The molecule has 0 heterocycles. The van der Waals surface area contributed by atoms with Crippen LogP contribution in [0.5, 0.6) is 11.5 Å². The van der Waals surface area contributed by atoms with E-state index in [1.165, 1.54) is 30.5 Å². The van der Waals surface area contributed by atoms with Gasteiger partial charge in [-0.05, 0) is 29.8 Å². The van der Waals surface area contributed by atoms with Crippen LogP contribution >= 0.6 is 0 Å². The molecule has 130 valence electrons. The summed E-state index contributed by atoms with van der Waals surface area (Å²) in [5.74, 6) is 1.13. The molecule has 0 unspecified atom stereocenters. The number of nitrogens with one attached hydrogen (secondary N) is 1. The summed E-state index contributed by atoms with van der Waals surface area (Å²) < 4.78 is 11.0. The van der Waals surface area contributed by atoms with Crippen molar-refractivity contribution in [1.82, 2.24) is 5.43 Å². The number of carbonyl (C=O) groups excluding carboxylic acids is 1. The molecule has 0 bridgehead atoms. The lowest BCUT2D eigenvalue weighted by Gasteiger charge is -2.08. The van der Waals surface area contributed by atoms with E-state index in [0.29, 0.717) is 11.5 Å². The van der Waals surface area contributed by atoms with Gasteiger partial charge in [-0.25, -0.2) is 10.2 Å². The third-order valence-corrected chi connectivity index (χ3v) is 2.91. The number of benzene rings is 2. The smallest absolute Gasteiger partial charge is 0.332 e. The van der Waals surface area contributed by atoms with Crippen LogP contribution in [0.3, 0.4) is 0 Å². The van der Waals surface area contributed by atoms with E-state index in [4.69, 9.17) is 15.2 Å². The van der Waals surface area contributed by atoms with E-state index in [0.717, 1.165) is 5.56 Å². The Labute approximate surface area is 143 Å². The molecule has 0 fully saturated rings. The zero-order chi connectivity index (χ0) is 18.1. The molecule has 0 aliphatic carbocycles. The SMILES string of the molecule is NC(=O)N/N=C\c1cccc(OCCOc2ccc([N+](=O)[O-])cc2)c1. The zero-order valence-electron chi connectivity index (χ0n) is 13.1. The lowest BCUT2D eigenvalue weighted by molar-refractivity contribution is -0.384. The van der Waals surface area contributed by atoms with E-state index in [2.05, 4.69) is 10.5 Å². The minimum atomic E-state index is -0.743. The van der Waals surface area contributed by atoms with Crippen LogP contribution in [-0.4, -0.2) is 30.4 Å². The predicted molar refractivity (Wildman–Crippen MR) is 90.8 cm³/mol. The Balaban J connectivity index is 1.78. The van der Waals surface area contributed by atoms with Gasteiger partial charge in [-0.1, -0.05) is 12.1 Å². The second-order valence-corrected chi connectivity index (χ2v) is 4.75. The van der Waals surface area contributed by atoms with Crippen LogP contribution in [0.15, 0.2) is 53.6 Å². The Bertz CT molecular complexity index is 761. The molecule has 2 amide bonds. The summed E-state index contributed by atoms with van der Waals surface area (Å²) in [7, 11) is 0. The number of non-ortho nitro benzene ring substituents is 1. The molecule has 9 heteroatoms. The summed E-state index contributed by atoms with van der Waals surface area (Å²) in [4.78, 5) is 20.6. The fourth-order valence-corrected chi connectivity index (χ4v) is 1.84. The van der Waals surface area contributed by atoms with Crippen molar-refractivity contribution >= 4 is 17.9 Å². The normalized spacial score (nSPS) is 10.4. The highest BCUT2D eigenvalue weighted by Crippen LogP contribution is 2.17. The van der Waals surface area contributed by atoms with Crippen molar-refractivity contribution in [3.63, 3.8) is 0 Å². The van der Waals surface area contributed by atoms with Gasteiger partial charge in [0.05, 0.1) is 11.1 Å². The molecule has 0 aliphatic rings. The molecule has 25 heavy (non-hydrogen) atoms. The summed E-state index contributed by atoms with van der Waals surface area (Å²) in [6, 6.07) is 12.1. The van der Waals surface area contributed by atoms with E-state index in [9.17, 15) is 14.9 Å². The topological polar surface area (TPSA) is 129 Å². The van der Waals surface area contributed by atoms with Crippen molar-refractivity contribution in [3.05, 3.63) is 64.2 Å². The molecule has 0 saturated carbocycles. The Morgan fingerprint density at radius 1 is 1.16 bits per heavy atom. The van der Waals surface area contributed by atoms with Crippen molar-refractivity contribution in [2.45, 2.75) is 0 Å². The third kappa shape index (κ3) is 6.18. The van der Waals surface area contributed by atoms with E-state index in [1.54, 1.807) is 24.3 Å². The number of nitro groups is 1. The van der Waals surface area contributed by atoms with Gasteiger partial charge in [0, 0.05) is 12.1 Å². The number of urea groups is 1. The number of nitrogens with two attached hydrogens (primary N) is 1. The maximum Gasteiger partial charge on any atom is 0.332 e. The standard InChI is InChI=1S/C16H16N4O5/c17-16(21)19-18-11-12-2-1-3-15(10-12)25-9-8-24-14-6-4-13(5-7-14)20(22)23/h1-7,10-11H,8-9H2,(H3,17,19,21)/b18-11-. The summed E-state index contributed by atoms with van der Waals surface area (Å²) in [6.07, 6.45) is 1.44.